The van der Waals surface area contributed by atoms with Crippen molar-refractivity contribution in [1.82, 2.24) is 9.88 Å². The highest BCUT2D eigenvalue weighted by molar-refractivity contribution is 7.92. The molecule has 1 aliphatic rings. The lowest BCUT2D eigenvalue weighted by Gasteiger charge is -2.15. The fourth-order valence-corrected chi connectivity index (χ4v) is 4.96. The van der Waals surface area contributed by atoms with Gasteiger partial charge in [0.05, 0.1) is 32.3 Å². The molecule has 0 radical (unpaired) electrons. The standard InChI is InChI=1S/C19H15N5O8S2/c20-17-16-12(18(27)22-19(16)28)8-15(26)24(17)13-7-11(4-5-14(13)25)34(31,32)23-9-2-1-3-10(6-9)33(21,29)30/h1-8,23,25H,20H2,(H2,21,29,30)(H,22,27,28). The van der Waals surface area contributed by atoms with Crippen molar-refractivity contribution < 1.29 is 31.5 Å². The van der Waals surface area contributed by atoms with Crippen molar-refractivity contribution in [2.75, 3.05) is 10.5 Å². The maximum Gasteiger partial charge on any atom is 0.262 e. The zero-order valence-corrected chi connectivity index (χ0v) is 18.5. The summed E-state index contributed by atoms with van der Waals surface area (Å²) in [7, 11) is -8.46. The molecule has 2 aromatic carbocycles. The van der Waals surface area contributed by atoms with E-state index in [0.29, 0.717) is 4.57 Å². The Labute approximate surface area is 191 Å². The fourth-order valence-electron chi connectivity index (χ4n) is 3.33. The van der Waals surface area contributed by atoms with Crippen molar-refractivity contribution in [3.05, 3.63) is 70.0 Å². The second-order valence-electron chi connectivity index (χ2n) is 7.10. The van der Waals surface area contributed by atoms with Gasteiger partial charge in [0, 0.05) is 6.07 Å². The third-order valence-corrected chi connectivity index (χ3v) is 7.16. The van der Waals surface area contributed by atoms with Gasteiger partial charge in [-0.3, -0.25) is 29.0 Å². The van der Waals surface area contributed by atoms with E-state index in [1.165, 1.54) is 18.2 Å². The number of nitrogens with two attached hydrogens (primary N) is 2. The summed E-state index contributed by atoms with van der Waals surface area (Å²) < 4.78 is 51.7. The molecule has 7 N–H and O–H groups in total. The molecule has 34 heavy (non-hydrogen) atoms. The van der Waals surface area contributed by atoms with Crippen LogP contribution in [0.25, 0.3) is 5.69 Å². The SMILES string of the molecule is Nc1c2c(cc(=O)n1-c1cc(S(=O)(=O)Nc3cccc(S(N)(=O)=O)c3)ccc1O)C(=O)NC2=O. The Morgan fingerprint density at radius 2 is 1.62 bits per heavy atom. The van der Waals surface area contributed by atoms with Crippen LogP contribution in [0.15, 0.2) is 63.1 Å². The summed E-state index contributed by atoms with van der Waals surface area (Å²) in [6, 6.07) is 8.50. The van der Waals surface area contributed by atoms with Gasteiger partial charge in [0.2, 0.25) is 10.0 Å². The average Bonchev–Trinajstić information content (AvgIpc) is 3.01. The van der Waals surface area contributed by atoms with Crippen LogP contribution in [-0.2, 0) is 20.0 Å². The van der Waals surface area contributed by atoms with Gasteiger partial charge in [-0.25, -0.2) is 22.0 Å². The topological polar surface area (TPSA) is 221 Å². The van der Waals surface area contributed by atoms with Gasteiger partial charge >= 0.3 is 0 Å². The quantitative estimate of drug-likeness (QED) is 0.280. The molecule has 2 amide bonds. The zero-order valence-electron chi connectivity index (χ0n) is 16.8. The smallest absolute Gasteiger partial charge is 0.262 e. The summed E-state index contributed by atoms with van der Waals surface area (Å²) in [5.74, 6) is -2.70. The average molecular weight is 505 g/mol. The molecule has 4 rings (SSSR count). The Bertz CT molecular complexity index is 1680. The number of carbonyl (C=O) groups is 2. The fraction of sp³-hybridized carbons (Fsp3) is 0. The highest BCUT2D eigenvalue weighted by Crippen LogP contribution is 2.30. The van der Waals surface area contributed by atoms with Crippen molar-refractivity contribution in [2.24, 2.45) is 5.14 Å². The lowest BCUT2D eigenvalue weighted by Crippen LogP contribution is -2.24. The highest BCUT2D eigenvalue weighted by Gasteiger charge is 2.32. The van der Waals surface area contributed by atoms with Crippen molar-refractivity contribution in [2.45, 2.75) is 9.79 Å². The van der Waals surface area contributed by atoms with Crippen LogP contribution in [0.5, 0.6) is 5.75 Å². The van der Waals surface area contributed by atoms with Crippen LogP contribution in [0.1, 0.15) is 20.7 Å². The lowest BCUT2D eigenvalue weighted by atomic mass is 10.1. The van der Waals surface area contributed by atoms with Gasteiger partial charge in [-0.05, 0) is 36.4 Å². The molecule has 2 heterocycles. The van der Waals surface area contributed by atoms with Crippen molar-refractivity contribution >= 4 is 43.4 Å². The maximum absolute atomic E-state index is 12.9. The molecule has 0 saturated heterocycles. The predicted molar refractivity (Wildman–Crippen MR) is 119 cm³/mol. The first-order valence-corrected chi connectivity index (χ1v) is 12.2. The molecule has 0 atom stereocenters. The van der Waals surface area contributed by atoms with Crippen LogP contribution in [0, 0.1) is 0 Å². The largest absolute Gasteiger partial charge is 0.506 e. The number of phenols is 1. The number of nitrogens with zero attached hydrogens (tertiary/aromatic N) is 1. The van der Waals surface area contributed by atoms with E-state index in [4.69, 9.17) is 10.9 Å². The molecule has 176 valence electrons. The number of hydrogen-bond acceptors (Lipinski definition) is 9. The molecule has 0 unspecified atom stereocenters. The van der Waals surface area contributed by atoms with Crippen molar-refractivity contribution in [1.29, 1.82) is 0 Å². The van der Waals surface area contributed by atoms with Gasteiger partial charge in [0.1, 0.15) is 11.6 Å². The number of amides is 2. The van der Waals surface area contributed by atoms with E-state index in [1.54, 1.807) is 0 Å². The Kier molecular flexibility index (Phi) is 5.19. The number of rotatable bonds is 5. The summed E-state index contributed by atoms with van der Waals surface area (Å²) in [5, 5.41) is 17.4. The summed E-state index contributed by atoms with van der Waals surface area (Å²) in [6.45, 7) is 0. The number of anilines is 2. The summed E-state index contributed by atoms with van der Waals surface area (Å²) in [4.78, 5) is 35.7. The Balaban J connectivity index is 1.82. The molecule has 0 spiro atoms. The van der Waals surface area contributed by atoms with Crippen LogP contribution in [-0.4, -0.2) is 38.3 Å². The predicted octanol–water partition coefficient (Wildman–Crippen LogP) is -0.543. The molecule has 0 fully saturated rings. The molecule has 15 heteroatoms. The van der Waals surface area contributed by atoms with Crippen LogP contribution in [0.4, 0.5) is 11.5 Å². The number of imide groups is 1. The maximum atomic E-state index is 12.9. The molecule has 0 aliphatic carbocycles. The number of benzene rings is 2. The van der Waals surface area contributed by atoms with Crippen LogP contribution >= 0.6 is 0 Å². The van der Waals surface area contributed by atoms with Crippen LogP contribution < -0.4 is 26.5 Å². The van der Waals surface area contributed by atoms with Gasteiger partial charge in [0.15, 0.2) is 0 Å². The zero-order chi connectivity index (χ0) is 25.0. The van der Waals surface area contributed by atoms with E-state index in [1.807, 2.05) is 5.32 Å². The molecule has 1 aliphatic heterocycles. The molecule has 3 aromatic rings. The van der Waals surface area contributed by atoms with Gasteiger partial charge in [0.25, 0.3) is 27.4 Å². The third kappa shape index (κ3) is 3.87. The van der Waals surface area contributed by atoms with Crippen LogP contribution in [0.2, 0.25) is 0 Å². The first-order chi connectivity index (χ1) is 15.8. The number of phenolic OH excluding ortho intramolecular Hbond substituents is 1. The van der Waals surface area contributed by atoms with E-state index in [0.717, 1.165) is 30.3 Å². The third-order valence-electron chi connectivity index (χ3n) is 4.87. The second-order valence-corrected chi connectivity index (χ2v) is 10.3. The van der Waals surface area contributed by atoms with Gasteiger partial charge in [-0.15, -0.1) is 0 Å². The number of carbonyl (C=O) groups excluding carboxylic acids is 2. The molecular weight excluding hydrogens is 490 g/mol. The summed E-state index contributed by atoms with van der Waals surface area (Å²) in [5.41, 5.74) is 3.99. The van der Waals surface area contributed by atoms with Gasteiger partial charge in [-0.1, -0.05) is 6.07 Å². The Morgan fingerprint density at radius 1 is 0.912 bits per heavy atom. The highest BCUT2D eigenvalue weighted by atomic mass is 32.2. The molecule has 0 bridgehead atoms. The molecule has 0 saturated carbocycles. The number of fused-ring (bicyclic) bond motifs is 1. The number of nitrogen functional groups attached to an aromatic ring is 1. The molecule has 1 aromatic heterocycles. The minimum Gasteiger partial charge on any atom is -0.506 e. The van der Waals surface area contributed by atoms with Gasteiger partial charge < -0.3 is 10.8 Å². The van der Waals surface area contributed by atoms with E-state index in [-0.39, 0.29) is 27.4 Å². The first kappa shape index (κ1) is 23.0. The summed E-state index contributed by atoms with van der Waals surface area (Å²) in [6.07, 6.45) is 0. The van der Waals surface area contributed by atoms with Crippen LogP contribution in [0.3, 0.4) is 0 Å². The molecule has 13 nitrogen and oxygen atoms in total. The van der Waals surface area contributed by atoms with E-state index < -0.39 is 53.9 Å². The van der Waals surface area contributed by atoms with Crippen molar-refractivity contribution in [3.63, 3.8) is 0 Å². The number of primary sulfonamides is 1. The van der Waals surface area contributed by atoms with Gasteiger partial charge in [-0.2, -0.15) is 0 Å². The van der Waals surface area contributed by atoms with Crippen molar-refractivity contribution in [3.8, 4) is 11.4 Å². The monoisotopic (exact) mass is 505 g/mol. The minimum atomic E-state index is -4.37. The van der Waals surface area contributed by atoms with E-state index in [2.05, 4.69) is 4.72 Å². The number of aromatic hydroxyl groups is 1. The van der Waals surface area contributed by atoms with E-state index >= 15 is 0 Å². The normalized spacial score (nSPS) is 13.4. The number of hydrogen-bond donors (Lipinski definition) is 5. The minimum absolute atomic E-state index is 0.120. The Hall–Kier alpha value is -4.21. The summed E-state index contributed by atoms with van der Waals surface area (Å²) >= 11 is 0. The Morgan fingerprint density at radius 3 is 2.29 bits per heavy atom. The number of nitrogens with one attached hydrogen (secondary N) is 2. The number of aromatic nitrogens is 1. The molecular formula is C19H15N5O8S2. The number of sulfonamides is 2. The lowest BCUT2D eigenvalue weighted by molar-refractivity contribution is 0.0879. The number of pyridine rings is 1. The second kappa shape index (κ2) is 7.68. The first-order valence-electron chi connectivity index (χ1n) is 9.20. The van der Waals surface area contributed by atoms with E-state index in [9.17, 15) is 36.3 Å².